The highest BCUT2D eigenvalue weighted by atomic mass is 16.6. The Kier molecular flexibility index (Phi) is 20.1. The van der Waals surface area contributed by atoms with Crippen LogP contribution in [0.3, 0.4) is 0 Å². The van der Waals surface area contributed by atoms with Gasteiger partial charge in [-0.15, -0.1) is 0 Å². The molecule has 80 heavy (non-hydrogen) atoms. The lowest BCUT2D eigenvalue weighted by Crippen LogP contribution is -2.67. The van der Waals surface area contributed by atoms with E-state index in [4.69, 9.17) is 28.4 Å². The molecule has 2 aromatic rings. The van der Waals surface area contributed by atoms with Gasteiger partial charge in [0.2, 0.25) is 0 Å². The van der Waals surface area contributed by atoms with E-state index in [0.717, 1.165) is 30.4 Å². The maximum atomic E-state index is 15.0. The molecule has 4 aliphatic rings. The SMILES string of the molecule is CC(C)(O)CCC[C@@](C)(O)C1CC[C@]2(C)[C@@H]1[C@H](OC(=O)[C@H](CCC(=O)OCc1ccccc1)NC(=O)OC(C)(C)C)C[C@@H]1[C@@]3(C)CC[C@H](OC(=O)[C@H](CCC(=O)OCc4ccccc4)NC(=O)OC(C)(C)C)C(C)(C)[C@H]3CC[C@]12C. The predicted octanol–water partition coefficient (Wildman–Crippen LogP) is 11.6. The number of amides is 2. The number of esters is 4. The number of benzene rings is 2. The van der Waals surface area contributed by atoms with E-state index in [2.05, 4.69) is 45.3 Å². The molecule has 2 amide bonds. The molecule has 16 nitrogen and oxygen atoms in total. The van der Waals surface area contributed by atoms with Crippen molar-refractivity contribution in [1.29, 1.82) is 0 Å². The standard InChI is InChI=1S/C64H96N2O14/c1-57(2,3)79-55(71)65-44(26-28-50(67)75-39-41-22-17-15-18-23-41)53(69)77-46-38-48-61(11)35-32-49(78-54(70)45(66-56(72)80-58(4,5)6)27-29-51(68)76-40-42-24-19-16-20-25-42)60(9,10)47(61)31-37-62(48,12)63(13)36-30-43(52(46)63)64(14,74)34-21-33-59(7,8)73/h15-20,22-25,43-49,52,73-74H,21,26-40H2,1-14H3,(H,65,71)(H,66,72)/t43?,44-,45-,46+,47+,48+,49-,52-,61-,62+,63+,64+/m0/s1. The second-order valence-corrected chi connectivity index (χ2v) is 27.9. The Morgan fingerprint density at radius 2 is 1.07 bits per heavy atom. The predicted molar refractivity (Wildman–Crippen MR) is 302 cm³/mol. The molecular formula is C64H96N2O14. The molecule has 0 spiro atoms. The van der Waals surface area contributed by atoms with Crippen molar-refractivity contribution in [2.24, 2.45) is 45.3 Å². The first-order valence-electron chi connectivity index (χ1n) is 29.3. The monoisotopic (exact) mass is 1120 g/mol. The first kappa shape index (κ1) is 64.0. The zero-order valence-electron chi connectivity index (χ0n) is 50.5. The molecule has 1 unspecified atom stereocenters. The van der Waals surface area contributed by atoms with Gasteiger partial charge in [0.25, 0.3) is 0 Å². The van der Waals surface area contributed by atoms with Gasteiger partial charge < -0.3 is 49.3 Å². The normalized spacial score (nSPS) is 28.6. The lowest BCUT2D eigenvalue weighted by molar-refractivity contribution is -0.253. The van der Waals surface area contributed by atoms with Crippen LogP contribution in [0.25, 0.3) is 0 Å². The van der Waals surface area contributed by atoms with E-state index in [0.29, 0.717) is 44.9 Å². The molecular weight excluding hydrogens is 1020 g/mol. The first-order valence-corrected chi connectivity index (χ1v) is 29.3. The summed E-state index contributed by atoms with van der Waals surface area (Å²) >= 11 is 0. The van der Waals surface area contributed by atoms with Crippen molar-refractivity contribution in [2.45, 2.75) is 247 Å². The molecule has 12 atom stereocenters. The fourth-order valence-corrected chi connectivity index (χ4v) is 14.8. The van der Waals surface area contributed by atoms with Gasteiger partial charge in [0.1, 0.15) is 48.7 Å². The molecule has 0 aromatic heterocycles. The van der Waals surface area contributed by atoms with E-state index in [1.54, 1.807) is 55.4 Å². The molecule has 0 bridgehead atoms. The van der Waals surface area contributed by atoms with Crippen molar-refractivity contribution in [2.75, 3.05) is 0 Å². The Morgan fingerprint density at radius 1 is 0.600 bits per heavy atom. The number of carbonyl (C=O) groups is 6. The van der Waals surface area contributed by atoms with E-state index in [-0.39, 0.29) is 73.4 Å². The Labute approximate surface area is 476 Å². The molecule has 4 saturated carbocycles. The molecule has 0 heterocycles. The van der Waals surface area contributed by atoms with Crippen molar-refractivity contribution < 1.29 is 67.4 Å². The van der Waals surface area contributed by atoms with Crippen molar-refractivity contribution in [3.63, 3.8) is 0 Å². The first-order chi connectivity index (χ1) is 37.1. The summed E-state index contributed by atoms with van der Waals surface area (Å²) < 4.78 is 35.6. The summed E-state index contributed by atoms with van der Waals surface area (Å²) in [6, 6.07) is 16.1. The number of nitrogens with one attached hydrogen (secondary N) is 2. The van der Waals surface area contributed by atoms with E-state index < -0.39 is 93.6 Å². The summed E-state index contributed by atoms with van der Waals surface area (Å²) in [5.41, 5.74) is -3.88. The average Bonchev–Trinajstić information content (AvgIpc) is 2.21. The average molecular weight is 1120 g/mol. The highest BCUT2D eigenvalue weighted by Gasteiger charge is 2.72. The van der Waals surface area contributed by atoms with Crippen LogP contribution in [-0.4, -0.2) is 93.0 Å². The molecule has 4 fully saturated rings. The van der Waals surface area contributed by atoms with Crippen LogP contribution in [0.2, 0.25) is 0 Å². The molecule has 4 aliphatic carbocycles. The van der Waals surface area contributed by atoms with Crippen molar-refractivity contribution >= 4 is 36.1 Å². The van der Waals surface area contributed by atoms with Gasteiger partial charge in [-0.05, 0) is 184 Å². The zero-order chi connectivity index (χ0) is 59.3. The summed E-state index contributed by atoms with van der Waals surface area (Å²) in [4.78, 5) is 82.4. The minimum atomic E-state index is -1.27. The van der Waals surface area contributed by atoms with Crippen LogP contribution in [-0.2, 0) is 60.8 Å². The Hall–Kier alpha value is -5.22. The van der Waals surface area contributed by atoms with E-state index in [9.17, 15) is 34.2 Å². The molecule has 16 heteroatoms. The number of hydrogen-bond donors (Lipinski definition) is 4. The summed E-state index contributed by atoms with van der Waals surface area (Å²) in [6.45, 7) is 27.2. The van der Waals surface area contributed by atoms with Crippen molar-refractivity contribution in [1.82, 2.24) is 10.6 Å². The van der Waals surface area contributed by atoms with Crippen LogP contribution >= 0.6 is 0 Å². The third-order valence-electron chi connectivity index (χ3n) is 18.8. The second-order valence-electron chi connectivity index (χ2n) is 27.9. The van der Waals surface area contributed by atoms with Crippen LogP contribution in [0.5, 0.6) is 0 Å². The van der Waals surface area contributed by atoms with Crippen LogP contribution in [0.4, 0.5) is 9.59 Å². The Balaban J connectivity index is 1.28. The van der Waals surface area contributed by atoms with Gasteiger partial charge in [-0.1, -0.05) is 95.3 Å². The number of rotatable bonds is 21. The van der Waals surface area contributed by atoms with Gasteiger partial charge in [-0.3, -0.25) is 9.59 Å². The fraction of sp³-hybridized carbons (Fsp3) is 0.719. The number of alkyl carbamates (subject to hydrolysis) is 2. The van der Waals surface area contributed by atoms with Gasteiger partial charge in [-0.2, -0.15) is 0 Å². The molecule has 0 aliphatic heterocycles. The molecule has 0 saturated heterocycles. The summed E-state index contributed by atoms with van der Waals surface area (Å²) in [5, 5.41) is 28.7. The smallest absolute Gasteiger partial charge is 0.408 e. The quantitative estimate of drug-likeness (QED) is 0.0675. The lowest BCUT2D eigenvalue weighted by Gasteiger charge is -2.70. The highest BCUT2D eigenvalue weighted by molar-refractivity contribution is 5.83. The van der Waals surface area contributed by atoms with Crippen LogP contribution in [0, 0.1) is 45.3 Å². The van der Waals surface area contributed by atoms with Crippen LogP contribution in [0.15, 0.2) is 60.7 Å². The van der Waals surface area contributed by atoms with Gasteiger partial charge in [0.05, 0.1) is 11.2 Å². The maximum absolute atomic E-state index is 15.0. The van der Waals surface area contributed by atoms with E-state index >= 15 is 4.79 Å². The van der Waals surface area contributed by atoms with Gasteiger partial charge in [-0.25, -0.2) is 19.2 Å². The second kappa shape index (κ2) is 25.1. The van der Waals surface area contributed by atoms with Gasteiger partial charge >= 0.3 is 36.1 Å². The number of carbonyl (C=O) groups excluding carboxylic acids is 6. The summed E-state index contributed by atoms with van der Waals surface area (Å²) in [6.07, 6.45) is 2.83. The number of hydrogen-bond acceptors (Lipinski definition) is 14. The van der Waals surface area contributed by atoms with E-state index in [1.165, 1.54) is 0 Å². The molecule has 446 valence electrons. The number of ether oxygens (including phenoxy) is 6. The largest absolute Gasteiger partial charge is 0.461 e. The molecule has 4 N–H and O–H groups in total. The lowest BCUT2D eigenvalue weighted by atomic mass is 9.35. The van der Waals surface area contributed by atoms with Gasteiger partial charge in [0.15, 0.2) is 0 Å². The minimum Gasteiger partial charge on any atom is -0.461 e. The summed E-state index contributed by atoms with van der Waals surface area (Å²) in [5.74, 6) is -3.01. The van der Waals surface area contributed by atoms with E-state index in [1.807, 2.05) is 67.6 Å². The third-order valence-corrected chi connectivity index (χ3v) is 18.8. The van der Waals surface area contributed by atoms with Crippen LogP contribution < -0.4 is 10.6 Å². The highest BCUT2D eigenvalue weighted by Crippen LogP contribution is 2.76. The fourth-order valence-electron chi connectivity index (χ4n) is 14.8. The van der Waals surface area contributed by atoms with Crippen molar-refractivity contribution in [3.05, 3.63) is 71.8 Å². The number of aliphatic hydroxyl groups is 2. The zero-order valence-corrected chi connectivity index (χ0v) is 50.5. The molecule has 6 rings (SSSR count). The maximum Gasteiger partial charge on any atom is 0.408 e. The molecule has 0 radical (unpaired) electrons. The Bertz CT molecular complexity index is 2460. The van der Waals surface area contributed by atoms with Crippen molar-refractivity contribution in [3.8, 4) is 0 Å². The summed E-state index contributed by atoms with van der Waals surface area (Å²) in [7, 11) is 0. The van der Waals surface area contributed by atoms with Crippen LogP contribution in [0.1, 0.15) is 198 Å². The third kappa shape index (κ3) is 15.9. The van der Waals surface area contributed by atoms with Gasteiger partial charge in [0, 0.05) is 24.2 Å². The Morgan fingerprint density at radius 3 is 1.55 bits per heavy atom. The molecule has 2 aromatic carbocycles. The minimum absolute atomic E-state index is 0.0173. The number of fused-ring (bicyclic) bond motifs is 5. The topological polar surface area (TPSA) is 222 Å².